The van der Waals surface area contributed by atoms with Gasteiger partial charge in [-0.1, -0.05) is 19.9 Å². The summed E-state index contributed by atoms with van der Waals surface area (Å²) in [7, 11) is 0. The van der Waals surface area contributed by atoms with Gasteiger partial charge < -0.3 is 5.32 Å². The van der Waals surface area contributed by atoms with E-state index in [0.717, 1.165) is 6.42 Å². The lowest BCUT2D eigenvalue weighted by Crippen LogP contribution is -2.33. The second-order valence-electron chi connectivity index (χ2n) is 4.28. The first kappa shape index (κ1) is 9.30. The summed E-state index contributed by atoms with van der Waals surface area (Å²) in [5.41, 5.74) is 0.227. The minimum Gasteiger partial charge on any atom is -0.350 e. The lowest BCUT2D eigenvalue weighted by Gasteiger charge is -2.09. The third-order valence-electron chi connectivity index (χ3n) is 2.55. The van der Waals surface area contributed by atoms with E-state index in [-0.39, 0.29) is 23.3 Å². The number of rotatable bonds is 3. The Bertz CT molecular complexity index is 208. The van der Waals surface area contributed by atoms with E-state index in [1.165, 1.54) is 0 Å². The molecule has 1 unspecified atom stereocenters. The van der Waals surface area contributed by atoms with Crippen LogP contribution in [0.15, 0.2) is 12.7 Å². The lowest BCUT2D eigenvalue weighted by atomic mass is 10.1. The number of hydrogen-bond acceptors (Lipinski definition) is 1. The predicted octanol–water partition coefficient (Wildman–Crippen LogP) is 1.72. The first-order valence-corrected chi connectivity index (χ1v) is 4.40. The number of carbonyl (C=O) groups excluding carboxylic acids is 1. The fourth-order valence-corrected chi connectivity index (χ4v) is 1.30. The highest BCUT2D eigenvalue weighted by atomic mass is 16.2. The molecule has 2 atom stereocenters. The quantitative estimate of drug-likeness (QED) is 0.637. The van der Waals surface area contributed by atoms with Gasteiger partial charge in [-0.25, -0.2) is 0 Å². The summed E-state index contributed by atoms with van der Waals surface area (Å²) in [4.78, 5) is 11.4. The Morgan fingerprint density at radius 1 is 1.75 bits per heavy atom. The Hall–Kier alpha value is -0.790. The van der Waals surface area contributed by atoms with Gasteiger partial charge in [0.2, 0.25) is 5.91 Å². The highest BCUT2D eigenvalue weighted by Gasteiger charge is 2.50. The van der Waals surface area contributed by atoms with Crippen LogP contribution in [-0.2, 0) is 4.79 Å². The van der Waals surface area contributed by atoms with Crippen LogP contribution in [0.5, 0.6) is 0 Å². The van der Waals surface area contributed by atoms with Gasteiger partial charge in [0.1, 0.15) is 0 Å². The Morgan fingerprint density at radius 2 is 2.25 bits per heavy atom. The maximum absolute atomic E-state index is 11.4. The summed E-state index contributed by atoms with van der Waals surface area (Å²) in [6.45, 7) is 9.79. The Labute approximate surface area is 74.0 Å². The minimum absolute atomic E-state index is 0.0916. The summed E-state index contributed by atoms with van der Waals surface area (Å²) in [5.74, 6) is 0.396. The van der Waals surface area contributed by atoms with Crippen LogP contribution in [0.25, 0.3) is 0 Å². The van der Waals surface area contributed by atoms with Gasteiger partial charge >= 0.3 is 0 Å². The highest BCUT2D eigenvalue weighted by molar-refractivity contribution is 5.82. The molecule has 1 rings (SSSR count). The normalized spacial score (nSPS) is 27.4. The second-order valence-corrected chi connectivity index (χ2v) is 4.28. The third-order valence-corrected chi connectivity index (χ3v) is 2.55. The van der Waals surface area contributed by atoms with Gasteiger partial charge in [-0.05, 0) is 18.8 Å². The minimum atomic E-state index is 0.0916. The zero-order chi connectivity index (χ0) is 9.35. The smallest absolute Gasteiger partial charge is 0.224 e. The Balaban J connectivity index is 2.36. The van der Waals surface area contributed by atoms with E-state index >= 15 is 0 Å². The number of amides is 1. The SMILES string of the molecule is C=CC(C)NC(=O)[C@H]1CC1(C)C. The maximum Gasteiger partial charge on any atom is 0.224 e. The fourth-order valence-electron chi connectivity index (χ4n) is 1.30. The molecule has 1 aliphatic carbocycles. The van der Waals surface area contributed by atoms with Crippen molar-refractivity contribution in [3.63, 3.8) is 0 Å². The lowest BCUT2D eigenvalue weighted by molar-refractivity contribution is -0.123. The molecular formula is C10H17NO. The predicted molar refractivity (Wildman–Crippen MR) is 49.7 cm³/mol. The molecule has 0 aromatic heterocycles. The van der Waals surface area contributed by atoms with Crippen molar-refractivity contribution in [2.45, 2.75) is 33.2 Å². The molecule has 2 heteroatoms. The van der Waals surface area contributed by atoms with Crippen molar-refractivity contribution in [3.8, 4) is 0 Å². The molecule has 0 saturated heterocycles. The maximum atomic E-state index is 11.4. The molecule has 1 saturated carbocycles. The molecule has 0 radical (unpaired) electrons. The van der Waals surface area contributed by atoms with Gasteiger partial charge in [0.25, 0.3) is 0 Å². The van der Waals surface area contributed by atoms with Crippen LogP contribution in [-0.4, -0.2) is 11.9 Å². The van der Waals surface area contributed by atoms with Gasteiger partial charge in [0.05, 0.1) is 0 Å². The van der Waals surface area contributed by atoms with Gasteiger partial charge in [-0.15, -0.1) is 6.58 Å². The first-order chi connectivity index (χ1) is 5.47. The van der Waals surface area contributed by atoms with E-state index in [2.05, 4.69) is 25.7 Å². The molecule has 0 heterocycles. The summed E-state index contributed by atoms with van der Waals surface area (Å²) in [6.07, 6.45) is 2.76. The number of hydrogen-bond donors (Lipinski definition) is 1. The molecule has 2 nitrogen and oxygen atoms in total. The average Bonchev–Trinajstić information content (AvgIpc) is 2.59. The Kier molecular flexibility index (Phi) is 2.27. The van der Waals surface area contributed by atoms with E-state index in [9.17, 15) is 4.79 Å². The van der Waals surface area contributed by atoms with Crippen LogP contribution in [0.4, 0.5) is 0 Å². The number of nitrogens with one attached hydrogen (secondary N) is 1. The van der Waals surface area contributed by atoms with Crippen molar-refractivity contribution in [2.24, 2.45) is 11.3 Å². The molecule has 0 aromatic carbocycles. The van der Waals surface area contributed by atoms with Crippen molar-refractivity contribution >= 4 is 5.91 Å². The van der Waals surface area contributed by atoms with Crippen LogP contribution >= 0.6 is 0 Å². The molecule has 0 aliphatic heterocycles. The zero-order valence-electron chi connectivity index (χ0n) is 8.05. The largest absolute Gasteiger partial charge is 0.350 e. The monoisotopic (exact) mass is 167 g/mol. The highest BCUT2D eigenvalue weighted by Crippen LogP contribution is 2.51. The van der Waals surface area contributed by atoms with Crippen molar-refractivity contribution in [3.05, 3.63) is 12.7 Å². The molecule has 0 spiro atoms. The summed E-state index contributed by atoms with van der Waals surface area (Å²) in [5, 5.41) is 2.89. The molecule has 1 fully saturated rings. The van der Waals surface area contributed by atoms with Gasteiger partial charge in [-0.2, -0.15) is 0 Å². The standard InChI is InChI=1S/C10H17NO/c1-5-7(2)11-9(12)8-6-10(8,3)4/h5,7-8H,1,6H2,2-4H3,(H,11,12)/t7?,8-/m1/s1. The van der Waals surface area contributed by atoms with Crippen LogP contribution in [0.3, 0.4) is 0 Å². The molecule has 68 valence electrons. The van der Waals surface area contributed by atoms with E-state index in [0.29, 0.717) is 0 Å². The summed E-state index contributed by atoms with van der Waals surface area (Å²) >= 11 is 0. The second kappa shape index (κ2) is 2.92. The van der Waals surface area contributed by atoms with Crippen molar-refractivity contribution in [1.29, 1.82) is 0 Å². The molecule has 1 N–H and O–H groups in total. The topological polar surface area (TPSA) is 29.1 Å². The van der Waals surface area contributed by atoms with Crippen molar-refractivity contribution < 1.29 is 4.79 Å². The van der Waals surface area contributed by atoms with Crippen molar-refractivity contribution in [2.75, 3.05) is 0 Å². The van der Waals surface area contributed by atoms with Crippen LogP contribution < -0.4 is 5.32 Å². The number of carbonyl (C=O) groups is 1. The van der Waals surface area contributed by atoms with E-state index in [4.69, 9.17) is 0 Å². The van der Waals surface area contributed by atoms with Crippen LogP contribution in [0.2, 0.25) is 0 Å². The molecule has 1 amide bonds. The van der Waals surface area contributed by atoms with Crippen LogP contribution in [0, 0.1) is 11.3 Å². The van der Waals surface area contributed by atoms with Crippen LogP contribution in [0.1, 0.15) is 27.2 Å². The molecule has 0 aromatic rings. The molecule has 12 heavy (non-hydrogen) atoms. The van der Waals surface area contributed by atoms with Gasteiger partial charge in [0, 0.05) is 12.0 Å². The van der Waals surface area contributed by atoms with Gasteiger partial charge in [0.15, 0.2) is 0 Å². The van der Waals surface area contributed by atoms with Crippen molar-refractivity contribution in [1.82, 2.24) is 5.32 Å². The third kappa shape index (κ3) is 1.87. The summed E-state index contributed by atoms with van der Waals surface area (Å²) < 4.78 is 0. The average molecular weight is 167 g/mol. The molecular weight excluding hydrogens is 150 g/mol. The van der Waals surface area contributed by atoms with Gasteiger partial charge in [-0.3, -0.25) is 4.79 Å². The van der Waals surface area contributed by atoms with E-state index in [1.54, 1.807) is 6.08 Å². The Morgan fingerprint density at radius 3 is 2.58 bits per heavy atom. The van der Waals surface area contributed by atoms with E-state index in [1.807, 2.05) is 6.92 Å². The fraction of sp³-hybridized carbons (Fsp3) is 0.700. The molecule has 0 bridgehead atoms. The molecule has 1 aliphatic rings. The first-order valence-electron chi connectivity index (χ1n) is 4.40. The summed E-state index contributed by atoms with van der Waals surface area (Å²) in [6, 6.07) is 0.0916. The zero-order valence-corrected chi connectivity index (χ0v) is 8.05. The van der Waals surface area contributed by atoms with E-state index < -0.39 is 0 Å².